The van der Waals surface area contributed by atoms with E-state index in [0.29, 0.717) is 20.1 Å². The lowest BCUT2D eigenvalue weighted by molar-refractivity contribution is 0.103. The van der Waals surface area contributed by atoms with Gasteiger partial charge in [0.15, 0.2) is 32.2 Å². The Morgan fingerprint density at radius 1 is 1.32 bits per heavy atom. The molecular weight excluding hydrogens is 552 g/mol. The number of β-amino-alcohol motifs (C(OH)–C–C–N with tert-alkyl or cyclic N) is 1. The Kier molecular flexibility index (Phi) is 7.00. The van der Waals surface area contributed by atoms with Crippen LogP contribution in [-0.4, -0.2) is 60.9 Å². The number of carboxylic acid groups (broad SMARTS) is 1. The van der Waals surface area contributed by atoms with Gasteiger partial charge in [-0.15, -0.1) is 11.3 Å². The van der Waals surface area contributed by atoms with Crippen LogP contribution < -0.4 is 5.32 Å². The molecule has 3 atom stereocenters. The Hall–Kier alpha value is -2.09. The lowest BCUT2D eigenvalue weighted by Gasteiger charge is -2.37. The summed E-state index contributed by atoms with van der Waals surface area (Å²) < 4.78 is 28.8. The number of rotatable bonds is 5. The van der Waals surface area contributed by atoms with Gasteiger partial charge in [-0.05, 0) is 27.4 Å². The van der Waals surface area contributed by atoms with Gasteiger partial charge in [0.05, 0.1) is 24.7 Å². The average molecular weight is 574 g/mol. The smallest absolute Gasteiger partial charge is 0.407 e. The molecule has 1 aromatic carbocycles. The van der Waals surface area contributed by atoms with Crippen LogP contribution in [0, 0.1) is 17.0 Å². The molecule has 3 N–H and O–H groups in total. The molecule has 3 heterocycles. The molecule has 1 aliphatic rings. The summed E-state index contributed by atoms with van der Waals surface area (Å²) in [7, 11) is 0. The number of thioether (sulfide) groups is 1. The van der Waals surface area contributed by atoms with E-state index in [-0.39, 0.29) is 23.0 Å². The van der Waals surface area contributed by atoms with E-state index in [2.05, 4.69) is 36.2 Å². The van der Waals surface area contributed by atoms with E-state index in [0.717, 1.165) is 17.8 Å². The summed E-state index contributed by atoms with van der Waals surface area (Å²) in [5, 5.41) is 23.9. The van der Waals surface area contributed by atoms with Gasteiger partial charge >= 0.3 is 6.09 Å². The number of fused-ring (bicyclic) bond motifs is 1. The number of nitrogens with one attached hydrogen (secondary N) is 1. The van der Waals surface area contributed by atoms with E-state index < -0.39 is 41.3 Å². The Balaban J connectivity index is 1.68. The van der Waals surface area contributed by atoms with Crippen molar-refractivity contribution >= 4 is 61.3 Å². The van der Waals surface area contributed by atoms with Gasteiger partial charge in [0.25, 0.3) is 0 Å². The Morgan fingerprint density at radius 3 is 2.74 bits per heavy atom. The van der Waals surface area contributed by atoms with E-state index in [9.17, 15) is 23.8 Å². The standard InChI is InChI=1S/C21H22BrF2N5O3S2/c1-21(2,3)15-13(11(30)7-29(15)20(31)32)25-16-14-17(26-18(22)34-14)28-19(27-16)33-8-9-5-4-6-10(23)12(9)24/h4-6,11,13,15,30H,7-8H2,1-3H3,(H,31,32)(H,25,27,28)/t11-,13+,15?/m1/s1. The fourth-order valence-corrected chi connectivity index (χ4v) is 6.26. The topological polar surface area (TPSA) is 111 Å². The fraction of sp³-hybridized carbons (Fsp3) is 0.429. The highest BCUT2D eigenvalue weighted by molar-refractivity contribution is 9.11. The van der Waals surface area contributed by atoms with E-state index in [1.54, 1.807) is 0 Å². The van der Waals surface area contributed by atoms with Crippen LogP contribution in [0.2, 0.25) is 0 Å². The number of aliphatic hydroxyl groups excluding tert-OH is 1. The molecule has 0 saturated carbocycles. The van der Waals surface area contributed by atoms with Gasteiger partial charge in [-0.25, -0.2) is 28.5 Å². The fourth-order valence-electron chi connectivity index (χ4n) is 4.11. The lowest BCUT2D eigenvalue weighted by Crippen LogP contribution is -2.50. The van der Waals surface area contributed by atoms with Crippen LogP contribution in [-0.2, 0) is 5.75 Å². The van der Waals surface area contributed by atoms with E-state index in [1.165, 1.54) is 28.4 Å². The summed E-state index contributed by atoms with van der Waals surface area (Å²) >= 11 is 5.76. The minimum absolute atomic E-state index is 0.0317. The number of thiazole rings is 1. The third-order valence-corrected chi connectivity index (χ3v) is 7.91. The molecular formula is C21H22BrF2N5O3S2. The highest BCUT2D eigenvalue weighted by Gasteiger charge is 2.49. The number of anilines is 1. The molecule has 4 rings (SSSR count). The largest absolute Gasteiger partial charge is 0.465 e. The van der Waals surface area contributed by atoms with Crippen molar-refractivity contribution in [2.45, 2.75) is 49.9 Å². The number of aromatic nitrogens is 3. The van der Waals surface area contributed by atoms with Crippen LogP contribution in [0.15, 0.2) is 27.3 Å². The van der Waals surface area contributed by atoms with E-state index >= 15 is 0 Å². The van der Waals surface area contributed by atoms with Crippen LogP contribution in [0.25, 0.3) is 10.3 Å². The van der Waals surface area contributed by atoms with Gasteiger partial charge in [0.2, 0.25) is 0 Å². The Bertz CT molecular complexity index is 1240. The Morgan fingerprint density at radius 2 is 2.06 bits per heavy atom. The van der Waals surface area contributed by atoms with Gasteiger partial charge < -0.3 is 20.4 Å². The van der Waals surface area contributed by atoms with Crippen molar-refractivity contribution in [1.82, 2.24) is 19.9 Å². The second-order valence-electron chi connectivity index (χ2n) is 8.96. The first-order valence-corrected chi connectivity index (χ1v) is 12.9. The molecule has 1 unspecified atom stereocenters. The molecule has 2 aromatic heterocycles. The minimum atomic E-state index is -1.11. The number of carbonyl (C=O) groups is 1. The molecule has 0 bridgehead atoms. The highest BCUT2D eigenvalue weighted by Crippen LogP contribution is 2.38. The summed E-state index contributed by atoms with van der Waals surface area (Å²) in [6.45, 7) is 5.70. The highest BCUT2D eigenvalue weighted by atomic mass is 79.9. The van der Waals surface area contributed by atoms with Crippen LogP contribution >= 0.6 is 39.0 Å². The van der Waals surface area contributed by atoms with Crippen molar-refractivity contribution < 1.29 is 23.8 Å². The number of hydrogen-bond donors (Lipinski definition) is 3. The minimum Gasteiger partial charge on any atom is -0.465 e. The summed E-state index contributed by atoms with van der Waals surface area (Å²) in [5.41, 5.74) is 0.103. The monoisotopic (exact) mass is 573 g/mol. The average Bonchev–Trinajstić information content (AvgIpc) is 3.28. The quantitative estimate of drug-likeness (QED) is 0.290. The zero-order chi connectivity index (χ0) is 24.8. The molecule has 1 saturated heterocycles. The van der Waals surface area contributed by atoms with Crippen LogP contribution in [0.4, 0.5) is 19.4 Å². The first-order chi connectivity index (χ1) is 16.0. The molecule has 34 heavy (non-hydrogen) atoms. The molecule has 1 fully saturated rings. The normalized spacial score (nSPS) is 20.8. The van der Waals surface area contributed by atoms with Gasteiger partial charge in [-0.3, -0.25) is 0 Å². The zero-order valence-electron chi connectivity index (χ0n) is 18.4. The number of benzene rings is 1. The maximum Gasteiger partial charge on any atom is 0.407 e. The molecule has 1 amide bonds. The molecule has 1 aliphatic heterocycles. The third-order valence-electron chi connectivity index (χ3n) is 5.51. The van der Waals surface area contributed by atoms with E-state index in [4.69, 9.17) is 0 Å². The predicted octanol–water partition coefficient (Wildman–Crippen LogP) is 4.97. The molecule has 0 spiro atoms. The number of nitrogens with zero attached hydrogens (tertiary/aromatic N) is 4. The van der Waals surface area contributed by atoms with Crippen LogP contribution in [0.1, 0.15) is 26.3 Å². The number of amides is 1. The van der Waals surface area contributed by atoms with E-state index in [1.807, 2.05) is 20.8 Å². The maximum absolute atomic E-state index is 14.1. The molecule has 3 aromatic rings. The van der Waals surface area contributed by atoms with Gasteiger partial charge in [-0.2, -0.15) is 0 Å². The maximum atomic E-state index is 14.1. The first-order valence-electron chi connectivity index (χ1n) is 10.3. The number of likely N-dealkylation sites (tertiary alicyclic amines) is 1. The lowest BCUT2D eigenvalue weighted by atomic mass is 9.82. The molecule has 8 nitrogen and oxygen atoms in total. The second kappa shape index (κ2) is 9.51. The van der Waals surface area contributed by atoms with Crippen LogP contribution in [0.5, 0.6) is 0 Å². The molecule has 0 radical (unpaired) electrons. The summed E-state index contributed by atoms with van der Waals surface area (Å²) in [6.07, 6.45) is -2.07. The van der Waals surface area contributed by atoms with Gasteiger partial charge in [-0.1, -0.05) is 44.7 Å². The SMILES string of the molecule is CC(C)(C)C1[C@@H](Nc2nc(SCc3cccc(F)c3F)nc3nc(Br)sc23)[C@H](O)CN1C(=O)O. The zero-order valence-corrected chi connectivity index (χ0v) is 21.6. The number of aliphatic hydroxyl groups is 1. The predicted molar refractivity (Wildman–Crippen MR) is 130 cm³/mol. The molecule has 13 heteroatoms. The summed E-state index contributed by atoms with van der Waals surface area (Å²) in [6, 6.07) is 2.82. The number of hydrogen-bond acceptors (Lipinski definition) is 8. The van der Waals surface area contributed by atoms with Crippen LogP contribution in [0.3, 0.4) is 0 Å². The van der Waals surface area contributed by atoms with Crippen molar-refractivity contribution in [1.29, 1.82) is 0 Å². The summed E-state index contributed by atoms with van der Waals surface area (Å²) in [4.78, 5) is 26.4. The van der Waals surface area contributed by atoms with Crippen molar-refractivity contribution in [2.24, 2.45) is 5.41 Å². The summed E-state index contributed by atoms with van der Waals surface area (Å²) in [5.74, 6) is -1.35. The van der Waals surface area contributed by atoms with Crippen molar-refractivity contribution in [2.75, 3.05) is 11.9 Å². The van der Waals surface area contributed by atoms with Gasteiger partial charge in [0, 0.05) is 11.3 Å². The molecule has 0 aliphatic carbocycles. The first kappa shape index (κ1) is 25.0. The second-order valence-corrected chi connectivity index (χ2v) is 12.2. The Labute approximate surface area is 210 Å². The molecule has 182 valence electrons. The van der Waals surface area contributed by atoms with Crippen molar-refractivity contribution in [3.63, 3.8) is 0 Å². The van der Waals surface area contributed by atoms with Gasteiger partial charge in [0.1, 0.15) is 4.70 Å². The third kappa shape index (κ3) is 4.97. The van der Waals surface area contributed by atoms with Crippen molar-refractivity contribution in [3.8, 4) is 0 Å². The number of halogens is 3. The van der Waals surface area contributed by atoms with Crippen molar-refractivity contribution in [3.05, 3.63) is 39.3 Å².